The summed E-state index contributed by atoms with van der Waals surface area (Å²) in [4.78, 5) is 19.6. The zero-order valence-corrected chi connectivity index (χ0v) is 10.5. The van der Waals surface area contributed by atoms with E-state index in [4.69, 9.17) is 11.6 Å². The first-order valence-electron chi connectivity index (χ1n) is 5.20. The Balaban J connectivity index is 2.62. The van der Waals surface area contributed by atoms with Gasteiger partial charge in [-0.2, -0.15) is 0 Å². The smallest absolute Gasteiger partial charge is 0.271 e. The molecule has 2 N–H and O–H groups in total. The van der Waals surface area contributed by atoms with Crippen molar-refractivity contribution in [2.45, 2.75) is 19.9 Å². The van der Waals surface area contributed by atoms with E-state index in [0.717, 1.165) is 13.1 Å². The molecule has 0 bridgehead atoms. The van der Waals surface area contributed by atoms with Crippen LogP contribution in [0.1, 0.15) is 13.8 Å². The molecule has 0 aliphatic heterocycles. The SMILES string of the molecule is CC(C)NCCN(C)c1nc[nH]c(=O)c1Cl. The van der Waals surface area contributed by atoms with E-state index in [1.807, 2.05) is 11.9 Å². The van der Waals surface area contributed by atoms with Crippen molar-refractivity contribution in [1.82, 2.24) is 15.3 Å². The van der Waals surface area contributed by atoms with Crippen LogP contribution in [0.3, 0.4) is 0 Å². The Kier molecular flexibility index (Phi) is 4.76. The maximum atomic E-state index is 11.3. The quantitative estimate of drug-likeness (QED) is 0.807. The second-order valence-corrected chi connectivity index (χ2v) is 4.28. The Morgan fingerprint density at radius 3 is 2.94 bits per heavy atom. The molecule has 0 amide bonds. The summed E-state index contributed by atoms with van der Waals surface area (Å²) in [6.45, 7) is 5.73. The van der Waals surface area contributed by atoms with Crippen molar-refractivity contribution in [3.8, 4) is 0 Å². The van der Waals surface area contributed by atoms with Gasteiger partial charge < -0.3 is 15.2 Å². The number of nitrogens with one attached hydrogen (secondary N) is 2. The molecule has 1 aromatic heterocycles. The lowest BCUT2D eigenvalue weighted by Gasteiger charge is -2.19. The lowest BCUT2D eigenvalue weighted by molar-refractivity contribution is 0.588. The van der Waals surface area contributed by atoms with Gasteiger partial charge >= 0.3 is 0 Å². The molecule has 0 atom stereocenters. The largest absolute Gasteiger partial charge is 0.357 e. The van der Waals surface area contributed by atoms with Gasteiger partial charge in [-0.15, -0.1) is 0 Å². The average molecular weight is 245 g/mol. The van der Waals surface area contributed by atoms with Crippen LogP contribution < -0.4 is 15.8 Å². The number of aromatic nitrogens is 2. The third-order valence-electron chi connectivity index (χ3n) is 2.14. The highest BCUT2D eigenvalue weighted by Gasteiger charge is 2.10. The van der Waals surface area contributed by atoms with Crippen LogP contribution >= 0.6 is 11.6 Å². The zero-order chi connectivity index (χ0) is 12.1. The highest BCUT2D eigenvalue weighted by atomic mass is 35.5. The molecule has 0 spiro atoms. The summed E-state index contributed by atoms with van der Waals surface area (Å²) in [5.74, 6) is 0.510. The molecule has 1 heterocycles. The van der Waals surface area contributed by atoms with E-state index in [0.29, 0.717) is 11.9 Å². The average Bonchev–Trinajstić information content (AvgIpc) is 2.21. The van der Waals surface area contributed by atoms with Crippen LogP contribution in [0.2, 0.25) is 5.02 Å². The lowest BCUT2D eigenvalue weighted by Crippen LogP contribution is -2.33. The number of hydrogen-bond donors (Lipinski definition) is 2. The van der Waals surface area contributed by atoms with Crippen LogP contribution in [0.4, 0.5) is 5.82 Å². The lowest BCUT2D eigenvalue weighted by atomic mass is 10.4. The monoisotopic (exact) mass is 244 g/mol. The normalized spacial score (nSPS) is 10.8. The number of hydrogen-bond acceptors (Lipinski definition) is 4. The number of halogens is 1. The van der Waals surface area contributed by atoms with Crippen molar-refractivity contribution in [2.75, 3.05) is 25.0 Å². The third kappa shape index (κ3) is 3.50. The minimum absolute atomic E-state index is 0.134. The first kappa shape index (κ1) is 13.0. The molecule has 16 heavy (non-hydrogen) atoms. The molecule has 0 fully saturated rings. The standard InChI is InChI=1S/C10H17ClN4O/c1-7(2)12-4-5-15(3)9-8(11)10(16)14-6-13-9/h6-7,12H,4-5H2,1-3H3,(H,13,14,16). The van der Waals surface area contributed by atoms with Gasteiger partial charge in [-0.1, -0.05) is 25.4 Å². The summed E-state index contributed by atoms with van der Waals surface area (Å²) >= 11 is 5.86. The van der Waals surface area contributed by atoms with E-state index in [-0.39, 0.29) is 10.6 Å². The van der Waals surface area contributed by atoms with Gasteiger partial charge in [0.25, 0.3) is 5.56 Å². The second kappa shape index (κ2) is 5.86. The van der Waals surface area contributed by atoms with Gasteiger partial charge in [-0.3, -0.25) is 4.79 Å². The van der Waals surface area contributed by atoms with Crippen molar-refractivity contribution < 1.29 is 0 Å². The minimum atomic E-state index is -0.310. The van der Waals surface area contributed by atoms with Gasteiger partial charge in [0.2, 0.25) is 0 Å². The summed E-state index contributed by atoms with van der Waals surface area (Å²) in [7, 11) is 1.86. The fourth-order valence-electron chi connectivity index (χ4n) is 1.27. The molecule has 0 radical (unpaired) electrons. The van der Waals surface area contributed by atoms with Crippen LogP contribution in [0, 0.1) is 0 Å². The van der Waals surface area contributed by atoms with Gasteiger partial charge in [0, 0.05) is 26.2 Å². The molecule has 0 unspecified atom stereocenters. The van der Waals surface area contributed by atoms with Crippen molar-refractivity contribution in [1.29, 1.82) is 0 Å². The van der Waals surface area contributed by atoms with Crippen molar-refractivity contribution in [3.63, 3.8) is 0 Å². The number of rotatable bonds is 5. The molecule has 90 valence electrons. The Morgan fingerprint density at radius 1 is 1.62 bits per heavy atom. The number of anilines is 1. The summed E-state index contributed by atoms with van der Waals surface area (Å²) < 4.78 is 0. The molecular formula is C10H17ClN4O. The molecule has 0 aliphatic carbocycles. The molecule has 0 aliphatic rings. The fraction of sp³-hybridized carbons (Fsp3) is 0.600. The fourth-order valence-corrected chi connectivity index (χ4v) is 1.51. The number of H-pyrrole nitrogens is 1. The van der Waals surface area contributed by atoms with Crippen LogP contribution in [-0.4, -0.2) is 36.1 Å². The topological polar surface area (TPSA) is 61.0 Å². The molecule has 0 saturated heterocycles. The summed E-state index contributed by atoms with van der Waals surface area (Å²) in [5, 5.41) is 3.42. The first-order valence-corrected chi connectivity index (χ1v) is 5.58. The maximum Gasteiger partial charge on any atom is 0.271 e. The maximum absolute atomic E-state index is 11.3. The predicted molar refractivity (Wildman–Crippen MR) is 66.3 cm³/mol. The van der Waals surface area contributed by atoms with E-state index in [1.165, 1.54) is 6.33 Å². The molecule has 0 saturated carbocycles. The number of nitrogens with zero attached hydrogens (tertiary/aromatic N) is 2. The Labute approximate surface area is 99.8 Å². The highest BCUT2D eigenvalue weighted by Crippen LogP contribution is 2.15. The molecule has 5 nitrogen and oxygen atoms in total. The Hall–Kier alpha value is -1.07. The van der Waals surface area contributed by atoms with Crippen molar-refractivity contribution in [2.24, 2.45) is 0 Å². The van der Waals surface area contributed by atoms with Crippen LogP contribution in [0.5, 0.6) is 0 Å². The van der Waals surface area contributed by atoms with Gasteiger partial charge in [-0.05, 0) is 0 Å². The minimum Gasteiger partial charge on any atom is -0.357 e. The van der Waals surface area contributed by atoms with E-state index < -0.39 is 0 Å². The summed E-state index contributed by atoms with van der Waals surface area (Å²) in [6.07, 6.45) is 1.36. The van der Waals surface area contributed by atoms with Gasteiger partial charge in [-0.25, -0.2) is 4.98 Å². The van der Waals surface area contributed by atoms with Crippen LogP contribution in [-0.2, 0) is 0 Å². The molecule has 1 aromatic rings. The molecular weight excluding hydrogens is 228 g/mol. The molecule has 1 rings (SSSR count). The summed E-state index contributed by atoms with van der Waals surface area (Å²) in [5.41, 5.74) is -0.310. The van der Waals surface area contributed by atoms with E-state index in [2.05, 4.69) is 29.1 Å². The van der Waals surface area contributed by atoms with E-state index in [9.17, 15) is 4.79 Å². The Morgan fingerprint density at radius 2 is 2.31 bits per heavy atom. The number of likely N-dealkylation sites (N-methyl/N-ethyl adjacent to an activating group) is 1. The highest BCUT2D eigenvalue weighted by molar-refractivity contribution is 6.32. The summed E-state index contributed by atoms with van der Waals surface area (Å²) in [6, 6.07) is 0.441. The number of aromatic amines is 1. The van der Waals surface area contributed by atoms with E-state index in [1.54, 1.807) is 0 Å². The van der Waals surface area contributed by atoms with Crippen molar-refractivity contribution in [3.05, 3.63) is 21.7 Å². The third-order valence-corrected chi connectivity index (χ3v) is 2.48. The first-order chi connectivity index (χ1) is 7.52. The van der Waals surface area contributed by atoms with Gasteiger partial charge in [0.05, 0.1) is 6.33 Å². The van der Waals surface area contributed by atoms with Crippen LogP contribution in [0.25, 0.3) is 0 Å². The predicted octanol–water partition coefficient (Wildman–Crippen LogP) is 0.857. The van der Waals surface area contributed by atoms with Gasteiger partial charge in [0.1, 0.15) is 5.02 Å². The van der Waals surface area contributed by atoms with Gasteiger partial charge in [0.15, 0.2) is 5.82 Å². The van der Waals surface area contributed by atoms with E-state index >= 15 is 0 Å². The molecule has 0 aromatic carbocycles. The zero-order valence-electron chi connectivity index (χ0n) is 9.75. The van der Waals surface area contributed by atoms with Crippen LogP contribution in [0.15, 0.2) is 11.1 Å². The Bertz CT molecular complexity index is 391. The molecule has 6 heteroatoms. The second-order valence-electron chi connectivity index (χ2n) is 3.90. The van der Waals surface area contributed by atoms with Crippen molar-refractivity contribution >= 4 is 17.4 Å².